The second kappa shape index (κ2) is 10.3. The summed E-state index contributed by atoms with van der Waals surface area (Å²) in [5.41, 5.74) is 1.69. The molecule has 0 fully saturated rings. The number of benzene rings is 2. The highest BCUT2D eigenvalue weighted by molar-refractivity contribution is 6.01. The molecule has 0 aliphatic heterocycles. The quantitative estimate of drug-likeness (QED) is 0.310. The highest BCUT2D eigenvalue weighted by atomic mass is 16.5. The Morgan fingerprint density at radius 1 is 1.06 bits per heavy atom. The van der Waals surface area contributed by atoms with Crippen LogP contribution in [0.3, 0.4) is 0 Å². The van der Waals surface area contributed by atoms with E-state index < -0.39 is 11.5 Å². The maximum absolute atomic E-state index is 13.3. The third kappa shape index (κ3) is 5.50. The van der Waals surface area contributed by atoms with Crippen molar-refractivity contribution in [2.45, 2.75) is 32.7 Å². The van der Waals surface area contributed by atoms with Crippen molar-refractivity contribution in [1.29, 1.82) is 5.26 Å². The topological polar surface area (TPSA) is 96.5 Å². The summed E-state index contributed by atoms with van der Waals surface area (Å²) in [6.45, 7) is 6.59. The van der Waals surface area contributed by atoms with Crippen molar-refractivity contribution in [2.75, 3.05) is 0 Å². The van der Waals surface area contributed by atoms with Gasteiger partial charge in [-0.25, -0.2) is 0 Å². The summed E-state index contributed by atoms with van der Waals surface area (Å²) in [6, 6.07) is 23.9. The Hall–Kier alpha value is -4.70. The summed E-state index contributed by atoms with van der Waals surface area (Å²) < 4.78 is 7.36. The fraction of sp³-hybridized carbons (Fsp3) is 0.172. The predicted molar refractivity (Wildman–Crippen MR) is 139 cm³/mol. The van der Waals surface area contributed by atoms with Crippen LogP contribution in [0.4, 0.5) is 0 Å². The first-order valence-electron chi connectivity index (χ1n) is 11.5. The maximum atomic E-state index is 13.3. The molecule has 180 valence electrons. The zero-order valence-electron chi connectivity index (χ0n) is 20.4. The van der Waals surface area contributed by atoms with Gasteiger partial charge in [0.15, 0.2) is 0 Å². The zero-order valence-corrected chi connectivity index (χ0v) is 20.4. The molecule has 4 rings (SSSR count). The molecule has 0 atom stereocenters. The Bertz CT molecular complexity index is 1520. The molecule has 0 aliphatic carbocycles. The monoisotopic (exact) mass is 478 g/mol. The SMILES string of the molecule is CC(C)(C)c1ccc(Oc2nc3ccccn3c(=O)c2C=C(C#N)C(=O)NCc2ccccc2)cc1. The molecule has 4 aromatic rings. The van der Waals surface area contributed by atoms with Gasteiger partial charge in [0.05, 0.1) is 0 Å². The lowest BCUT2D eigenvalue weighted by Crippen LogP contribution is -2.25. The van der Waals surface area contributed by atoms with Gasteiger partial charge >= 0.3 is 0 Å². The summed E-state index contributed by atoms with van der Waals surface area (Å²) in [7, 11) is 0. The number of carbonyl (C=O) groups is 1. The lowest BCUT2D eigenvalue weighted by atomic mass is 9.87. The van der Waals surface area contributed by atoms with Crippen LogP contribution < -0.4 is 15.6 Å². The maximum Gasteiger partial charge on any atom is 0.269 e. The van der Waals surface area contributed by atoms with E-state index >= 15 is 0 Å². The van der Waals surface area contributed by atoms with E-state index in [1.54, 1.807) is 36.5 Å². The van der Waals surface area contributed by atoms with E-state index in [2.05, 4.69) is 31.1 Å². The van der Waals surface area contributed by atoms with Crippen LogP contribution in [0, 0.1) is 11.3 Å². The number of carbonyl (C=O) groups excluding carboxylic acids is 1. The molecule has 1 amide bonds. The third-order valence-corrected chi connectivity index (χ3v) is 5.62. The summed E-state index contributed by atoms with van der Waals surface area (Å²) >= 11 is 0. The standard InChI is InChI=1S/C29H26N4O3/c1-29(2,3)22-12-14-23(15-13-22)36-27-24(28(35)33-16-8-7-11-25(33)32-27)17-21(18-30)26(34)31-19-20-9-5-4-6-10-20/h4-17H,19H2,1-3H3,(H,31,34). The minimum Gasteiger partial charge on any atom is -0.438 e. The van der Waals surface area contributed by atoms with Gasteiger partial charge in [0.25, 0.3) is 11.5 Å². The van der Waals surface area contributed by atoms with Gasteiger partial charge < -0.3 is 10.1 Å². The highest BCUT2D eigenvalue weighted by Gasteiger charge is 2.18. The molecular formula is C29H26N4O3. The van der Waals surface area contributed by atoms with E-state index in [0.29, 0.717) is 11.4 Å². The normalized spacial score (nSPS) is 11.7. The van der Waals surface area contributed by atoms with Crippen LogP contribution in [0.25, 0.3) is 11.7 Å². The number of nitrogens with zero attached hydrogens (tertiary/aromatic N) is 3. The molecule has 0 aliphatic rings. The highest BCUT2D eigenvalue weighted by Crippen LogP contribution is 2.28. The van der Waals surface area contributed by atoms with Gasteiger partial charge in [0.2, 0.25) is 5.88 Å². The number of amides is 1. The minimum atomic E-state index is -0.598. The van der Waals surface area contributed by atoms with E-state index in [4.69, 9.17) is 4.74 Å². The molecule has 0 radical (unpaired) electrons. The number of aromatic nitrogens is 2. The molecule has 0 saturated heterocycles. The fourth-order valence-corrected chi connectivity index (χ4v) is 3.58. The molecule has 7 heteroatoms. The Kier molecular flexibility index (Phi) is 6.98. The smallest absolute Gasteiger partial charge is 0.269 e. The van der Waals surface area contributed by atoms with Crippen LogP contribution in [0.5, 0.6) is 11.6 Å². The van der Waals surface area contributed by atoms with Crippen molar-refractivity contribution >= 4 is 17.6 Å². The van der Waals surface area contributed by atoms with Crippen molar-refractivity contribution in [1.82, 2.24) is 14.7 Å². The zero-order chi connectivity index (χ0) is 25.7. The van der Waals surface area contributed by atoms with Crippen molar-refractivity contribution in [3.05, 3.63) is 112 Å². The van der Waals surface area contributed by atoms with Gasteiger partial charge in [-0.3, -0.25) is 14.0 Å². The number of nitrogens with one attached hydrogen (secondary N) is 1. The first kappa shape index (κ1) is 24.4. The Balaban J connectivity index is 1.72. The van der Waals surface area contributed by atoms with Gasteiger partial charge in [-0.05, 0) is 46.9 Å². The second-order valence-electron chi connectivity index (χ2n) is 9.28. The molecule has 7 nitrogen and oxygen atoms in total. The van der Waals surface area contributed by atoms with E-state index in [-0.39, 0.29) is 29.0 Å². The average molecular weight is 479 g/mol. The molecule has 0 unspecified atom stereocenters. The van der Waals surface area contributed by atoms with Gasteiger partial charge in [-0.1, -0.05) is 69.3 Å². The van der Waals surface area contributed by atoms with Crippen LogP contribution in [0.15, 0.2) is 89.4 Å². The Labute approximate surface area is 209 Å². The summed E-state index contributed by atoms with van der Waals surface area (Å²) in [6.07, 6.45) is 2.80. The van der Waals surface area contributed by atoms with E-state index in [1.807, 2.05) is 48.5 Å². The number of rotatable bonds is 6. The molecule has 2 heterocycles. The lowest BCUT2D eigenvalue weighted by Gasteiger charge is -2.19. The number of hydrogen-bond acceptors (Lipinski definition) is 5. The van der Waals surface area contributed by atoms with Crippen LogP contribution in [0.2, 0.25) is 0 Å². The van der Waals surface area contributed by atoms with E-state index in [0.717, 1.165) is 11.1 Å². The number of hydrogen-bond donors (Lipinski definition) is 1. The van der Waals surface area contributed by atoms with Crippen molar-refractivity contribution < 1.29 is 9.53 Å². The Morgan fingerprint density at radius 3 is 2.42 bits per heavy atom. The minimum absolute atomic E-state index is 0.00464. The number of pyridine rings is 1. The number of ether oxygens (including phenoxy) is 1. The van der Waals surface area contributed by atoms with Crippen LogP contribution in [-0.2, 0) is 16.8 Å². The van der Waals surface area contributed by atoms with Gasteiger partial charge in [0, 0.05) is 12.7 Å². The largest absolute Gasteiger partial charge is 0.438 e. The van der Waals surface area contributed by atoms with Crippen LogP contribution in [0.1, 0.15) is 37.5 Å². The molecule has 1 N–H and O–H groups in total. The van der Waals surface area contributed by atoms with Gasteiger partial charge in [0.1, 0.15) is 28.6 Å². The van der Waals surface area contributed by atoms with Crippen LogP contribution in [-0.4, -0.2) is 15.3 Å². The van der Waals surface area contributed by atoms with Gasteiger partial charge in [-0.15, -0.1) is 0 Å². The molecule has 36 heavy (non-hydrogen) atoms. The fourth-order valence-electron chi connectivity index (χ4n) is 3.58. The second-order valence-corrected chi connectivity index (χ2v) is 9.28. The average Bonchev–Trinajstić information content (AvgIpc) is 2.88. The molecule has 0 saturated carbocycles. The summed E-state index contributed by atoms with van der Waals surface area (Å²) in [5, 5.41) is 12.4. The van der Waals surface area contributed by atoms with Crippen molar-refractivity contribution in [2.24, 2.45) is 0 Å². The predicted octanol–water partition coefficient (Wildman–Crippen LogP) is 5.01. The molecular weight excluding hydrogens is 452 g/mol. The molecule has 0 bridgehead atoms. The lowest BCUT2D eigenvalue weighted by molar-refractivity contribution is -0.117. The Morgan fingerprint density at radius 2 is 1.75 bits per heavy atom. The molecule has 0 spiro atoms. The summed E-state index contributed by atoms with van der Waals surface area (Å²) in [5.74, 6) is -0.102. The number of nitriles is 1. The van der Waals surface area contributed by atoms with Crippen molar-refractivity contribution in [3.8, 4) is 17.7 Å². The van der Waals surface area contributed by atoms with Gasteiger partial charge in [-0.2, -0.15) is 10.2 Å². The van der Waals surface area contributed by atoms with Crippen molar-refractivity contribution in [3.63, 3.8) is 0 Å². The van der Waals surface area contributed by atoms with E-state index in [9.17, 15) is 14.9 Å². The third-order valence-electron chi connectivity index (χ3n) is 5.62. The number of fused-ring (bicyclic) bond motifs is 1. The first-order chi connectivity index (χ1) is 17.3. The van der Waals surface area contributed by atoms with Crippen LogP contribution >= 0.6 is 0 Å². The molecule has 2 aromatic carbocycles. The molecule has 2 aromatic heterocycles. The first-order valence-corrected chi connectivity index (χ1v) is 11.5. The summed E-state index contributed by atoms with van der Waals surface area (Å²) in [4.78, 5) is 30.6. The van der Waals surface area contributed by atoms with E-state index in [1.165, 1.54) is 10.5 Å².